The molecule has 5 nitrogen and oxygen atoms in total. The molecular weight excluding hydrogens is 627 g/mol. The minimum Gasteiger partial charge on any atom is -0.447 e. The zero-order valence-corrected chi connectivity index (χ0v) is 21.1. The van der Waals surface area contributed by atoms with Crippen LogP contribution in [0.4, 0.5) is 8.78 Å². The summed E-state index contributed by atoms with van der Waals surface area (Å²) < 4.78 is 29.3. The Morgan fingerprint density at radius 1 is 0.829 bits per heavy atom. The summed E-state index contributed by atoms with van der Waals surface area (Å²) >= 11 is 0. The van der Waals surface area contributed by atoms with Gasteiger partial charge in [0.15, 0.2) is 0 Å². The van der Waals surface area contributed by atoms with E-state index in [0.717, 1.165) is 23.1 Å². The van der Waals surface area contributed by atoms with Crippen LogP contribution in [0.5, 0.6) is 0 Å². The van der Waals surface area contributed by atoms with Crippen LogP contribution < -0.4 is 0 Å². The van der Waals surface area contributed by atoms with Crippen molar-refractivity contribution in [3.63, 3.8) is 0 Å². The van der Waals surface area contributed by atoms with Crippen molar-refractivity contribution in [2.75, 3.05) is 0 Å². The Morgan fingerprint density at radius 3 is 2.29 bits per heavy atom. The molecule has 0 amide bonds. The fraction of sp³-hybridized carbons (Fsp3) is 0.111. The van der Waals surface area contributed by atoms with Gasteiger partial charge in [-0.2, -0.15) is 0 Å². The molecule has 4 aromatic heterocycles. The zero-order valence-electron chi connectivity index (χ0n) is 18.8. The SMILES string of the molecule is CC(C)(c1cccc(-c2[c-]cc(F)nc2F)n1)c1cccc(-n2[c-]cnc2-c2ccccc2)n1.[Pt+2]. The normalized spacial score (nSPS) is 11.2. The van der Waals surface area contributed by atoms with Gasteiger partial charge in [-0.25, -0.2) is 8.78 Å². The van der Waals surface area contributed by atoms with Gasteiger partial charge in [-0.1, -0.05) is 72.4 Å². The summed E-state index contributed by atoms with van der Waals surface area (Å²) in [4.78, 5) is 17.2. The third-order valence-electron chi connectivity index (χ3n) is 5.61. The molecule has 0 fully saturated rings. The standard InChI is InChI=1S/C27H19F2N5.Pt/c1-27(2,21-11-6-10-20(31-21)19-14-15-23(28)33-25(19)29)22-12-7-13-24(32-22)34-17-16-30-26(34)18-8-4-3-5-9-18;/h3-13,15-16H,1-2H3;/q-2;+2. The van der Waals surface area contributed by atoms with Crippen molar-refractivity contribution in [1.29, 1.82) is 0 Å². The molecule has 0 atom stereocenters. The van der Waals surface area contributed by atoms with Crippen LogP contribution in [0.2, 0.25) is 0 Å². The molecular formula is C27H19F2N5Pt. The molecule has 0 saturated heterocycles. The fourth-order valence-corrected chi connectivity index (χ4v) is 3.73. The smallest absolute Gasteiger partial charge is 0.447 e. The van der Waals surface area contributed by atoms with Gasteiger partial charge in [0, 0.05) is 28.4 Å². The first-order valence-corrected chi connectivity index (χ1v) is 10.6. The largest absolute Gasteiger partial charge is 2.00 e. The number of aromatic nitrogens is 5. The molecule has 0 aliphatic heterocycles. The van der Waals surface area contributed by atoms with E-state index in [4.69, 9.17) is 4.98 Å². The second-order valence-electron chi connectivity index (χ2n) is 8.22. The number of pyridine rings is 3. The molecule has 0 unspecified atom stereocenters. The van der Waals surface area contributed by atoms with Crippen LogP contribution in [0.25, 0.3) is 28.5 Å². The Kier molecular flexibility index (Phi) is 6.99. The van der Waals surface area contributed by atoms with Gasteiger partial charge in [0.2, 0.25) is 0 Å². The summed E-state index contributed by atoms with van der Waals surface area (Å²) in [7, 11) is 0. The average molecular weight is 647 g/mol. The van der Waals surface area contributed by atoms with Crippen LogP contribution in [0.15, 0.2) is 79.0 Å². The molecule has 5 aromatic rings. The molecule has 0 saturated carbocycles. The van der Waals surface area contributed by atoms with E-state index in [1.54, 1.807) is 18.3 Å². The van der Waals surface area contributed by atoms with Gasteiger partial charge in [0.1, 0.15) is 11.9 Å². The van der Waals surface area contributed by atoms with E-state index in [1.807, 2.05) is 73.0 Å². The van der Waals surface area contributed by atoms with Crippen molar-refractivity contribution in [1.82, 2.24) is 24.5 Å². The number of halogens is 2. The maximum Gasteiger partial charge on any atom is 2.00 e. The van der Waals surface area contributed by atoms with Gasteiger partial charge in [-0.3, -0.25) is 9.97 Å². The summed E-state index contributed by atoms with van der Waals surface area (Å²) in [6, 6.07) is 24.4. The van der Waals surface area contributed by atoms with E-state index < -0.39 is 17.3 Å². The maximum atomic E-state index is 14.2. The number of hydrogen-bond acceptors (Lipinski definition) is 4. The van der Waals surface area contributed by atoms with Crippen molar-refractivity contribution >= 4 is 0 Å². The summed E-state index contributed by atoms with van der Waals surface area (Å²) in [5.41, 5.74) is 2.10. The fourth-order valence-electron chi connectivity index (χ4n) is 3.73. The second-order valence-corrected chi connectivity index (χ2v) is 8.22. The summed E-state index contributed by atoms with van der Waals surface area (Å²) in [5, 5.41) is 0. The molecule has 0 N–H and O–H groups in total. The second kappa shape index (κ2) is 9.96. The van der Waals surface area contributed by atoms with Gasteiger partial charge in [0.25, 0.3) is 0 Å². The van der Waals surface area contributed by atoms with Gasteiger partial charge >= 0.3 is 21.1 Å². The molecule has 176 valence electrons. The first-order chi connectivity index (χ1) is 16.4. The molecule has 0 aliphatic carbocycles. The van der Waals surface area contributed by atoms with Crippen LogP contribution in [-0.2, 0) is 26.5 Å². The first-order valence-electron chi connectivity index (χ1n) is 10.6. The Labute approximate surface area is 216 Å². The minimum atomic E-state index is -0.952. The monoisotopic (exact) mass is 646 g/mol. The maximum absolute atomic E-state index is 14.2. The third-order valence-corrected chi connectivity index (χ3v) is 5.61. The Balaban J connectivity index is 0.00000289. The van der Waals surface area contributed by atoms with E-state index in [1.165, 1.54) is 0 Å². The van der Waals surface area contributed by atoms with Crippen LogP contribution in [0, 0.1) is 24.2 Å². The van der Waals surface area contributed by atoms with Gasteiger partial charge in [0.05, 0.1) is 0 Å². The molecule has 0 radical (unpaired) electrons. The molecule has 1 aromatic carbocycles. The van der Waals surface area contributed by atoms with Crippen molar-refractivity contribution < 1.29 is 29.8 Å². The number of rotatable bonds is 5. The van der Waals surface area contributed by atoms with E-state index in [9.17, 15) is 8.78 Å². The van der Waals surface area contributed by atoms with Crippen molar-refractivity contribution in [2.24, 2.45) is 0 Å². The van der Waals surface area contributed by atoms with Crippen molar-refractivity contribution in [3.05, 3.63) is 115 Å². The summed E-state index contributed by atoms with van der Waals surface area (Å²) in [5.74, 6) is -0.477. The minimum absolute atomic E-state index is 0. The van der Waals surface area contributed by atoms with Crippen LogP contribution >= 0.6 is 0 Å². The van der Waals surface area contributed by atoms with Crippen LogP contribution in [-0.4, -0.2) is 24.5 Å². The average Bonchev–Trinajstić information content (AvgIpc) is 3.35. The molecule has 0 aliphatic rings. The summed E-state index contributed by atoms with van der Waals surface area (Å²) in [6.45, 7) is 3.98. The molecule has 35 heavy (non-hydrogen) atoms. The van der Waals surface area contributed by atoms with Gasteiger partial charge < -0.3 is 14.5 Å². The third kappa shape index (κ3) is 4.82. The Hall–Kier alpha value is -3.57. The van der Waals surface area contributed by atoms with E-state index in [2.05, 4.69) is 27.2 Å². The molecule has 0 bridgehead atoms. The predicted molar refractivity (Wildman–Crippen MR) is 124 cm³/mol. The quantitative estimate of drug-likeness (QED) is 0.185. The van der Waals surface area contributed by atoms with Crippen molar-refractivity contribution in [3.8, 4) is 28.5 Å². The molecule has 8 heteroatoms. The van der Waals surface area contributed by atoms with Gasteiger partial charge in [-0.05, 0) is 43.4 Å². The number of imidazole rings is 1. The zero-order chi connectivity index (χ0) is 23.7. The van der Waals surface area contributed by atoms with Crippen LogP contribution in [0.1, 0.15) is 25.2 Å². The number of benzene rings is 1. The predicted octanol–water partition coefficient (Wildman–Crippen LogP) is 5.59. The Morgan fingerprint density at radius 2 is 1.54 bits per heavy atom. The first kappa shape index (κ1) is 24.5. The topological polar surface area (TPSA) is 56.5 Å². The van der Waals surface area contributed by atoms with E-state index >= 15 is 0 Å². The van der Waals surface area contributed by atoms with Gasteiger partial charge in [-0.15, -0.1) is 6.07 Å². The summed E-state index contributed by atoms with van der Waals surface area (Å²) in [6.07, 6.45) is 4.74. The van der Waals surface area contributed by atoms with Crippen LogP contribution in [0.3, 0.4) is 0 Å². The molecule has 5 rings (SSSR count). The number of hydrogen-bond donors (Lipinski definition) is 0. The Bertz CT molecular complexity index is 1470. The molecule has 4 heterocycles. The van der Waals surface area contributed by atoms with Crippen molar-refractivity contribution in [2.45, 2.75) is 19.3 Å². The van der Waals surface area contributed by atoms with E-state index in [0.29, 0.717) is 17.2 Å². The number of nitrogens with zero attached hydrogens (tertiary/aromatic N) is 5. The van der Waals surface area contributed by atoms with E-state index in [-0.39, 0.29) is 26.6 Å². The molecule has 0 spiro atoms.